The van der Waals surface area contributed by atoms with E-state index in [1.165, 1.54) is 18.9 Å². The molecule has 1 unspecified atom stereocenters. The van der Waals surface area contributed by atoms with E-state index in [2.05, 4.69) is 25.2 Å². The summed E-state index contributed by atoms with van der Waals surface area (Å²) in [6.45, 7) is 7.62. The van der Waals surface area contributed by atoms with Gasteiger partial charge in [-0.2, -0.15) is 0 Å². The van der Waals surface area contributed by atoms with Crippen LogP contribution in [0.4, 0.5) is 0 Å². The zero-order valence-electron chi connectivity index (χ0n) is 10.5. The van der Waals surface area contributed by atoms with Crippen molar-refractivity contribution in [1.82, 2.24) is 0 Å². The summed E-state index contributed by atoms with van der Waals surface area (Å²) in [6, 6.07) is 0. The van der Waals surface area contributed by atoms with Crippen molar-refractivity contribution in [2.45, 2.75) is 39.7 Å². The summed E-state index contributed by atoms with van der Waals surface area (Å²) in [5.41, 5.74) is 0.960. The summed E-state index contributed by atoms with van der Waals surface area (Å²) in [4.78, 5) is 11.0. The third-order valence-corrected chi connectivity index (χ3v) is 3.69. The van der Waals surface area contributed by atoms with Crippen LogP contribution in [0.1, 0.15) is 34.1 Å². The quantitative estimate of drug-likeness (QED) is 0.528. The second-order valence-electron chi connectivity index (χ2n) is 5.48. The number of fused-ring (bicyclic) bond motifs is 1. The average Bonchev–Trinajstić information content (AvgIpc) is 2.56. The van der Waals surface area contributed by atoms with Gasteiger partial charge in [0.05, 0.1) is 0 Å². The molecule has 2 aliphatic rings. The lowest BCUT2D eigenvalue weighted by molar-refractivity contribution is -0.149. The summed E-state index contributed by atoms with van der Waals surface area (Å²) < 4.78 is 5.30. The van der Waals surface area contributed by atoms with Crippen molar-refractivity contribution in [2.24, 2.45) is 17.8 Å². The molecule has 0 saturated heterocycles. The lowest BCUT2D eigenvalue weighted by Gasteiger charge is -2.43. The second-order valence-corrected chi connectivity index (χ2v) is 5.48. The smallest absolute Gasteiger partial charge is 0.303 e. The predicted octanol–water partition coefficient (Wildman–Crippen LogP) is 3.10. The van der Waals surface area contributed by atoms with Crippen LogP contribution < -0.4 is 0 Å². The molecule has 2 rings (SSSR count). The molecule has 0 amide bonds. The van der Waals surface area contributed by atoms with Gasteiger partial charge in [0, 0.05) is 12.8 Å². The van der Waals surface area contributed by atoms with Crippen molar-refractivity contribution in [3.05, 3.63) is 23.8 Å². The SMILES string of the molecule is CC(=O)OC(C)(C)C=C1C(C)[C@H]2CC=C[C@@H]12. The van der Waals surface area contributed by atoms with E-state index >= 15 is 0 Å². The van der Waals surface area contributed by atoms with Crippen LogP contribution in [0.25, 0.3) is 0 Å². The lowest BCUT2D eigenvalue weighted by atomic mass is 9.62. The average molecular weight is 220 g/mol. The van der Waals surface area contributed by atoms with E-state index in [9.17, 15) is 4.79 Å². The highest BCUT2D eigenvalue weighted by molar-refractivity contribution is 5.66. The van der Waals surface area contributed by atoms with E-state index in [0.29, 0.717) is 11.8 Å². The summed E-state index contributed by atoms with van der Waals surface area (Å²) in [5.74, 6) is 1.81. The van der Waals surface area contributed by atoms with Crippen LogP contribution in [0, 0.1) is 17.8 Å². The molecule has 0 radical (unpaired) electrons. The zero-order valence-corrected chi connectivity index (χ0v) is 10.5. The van der Waals surface area contributed by atoms with Crippen LogP contribution in [0.2, 0.25) is 0 Å². The minimum absolute atomic E-state index is 0.215. The molecule has 1 fully saturated rings. The van der Waals surface area contributed by atoms with Crippen molar-refractivity contribution >= 4 is 5.97 Å². The van der Waals surface area contributed by atoms with Gasteiger partial charge in [-0.15, -0.1) is 0 Å². The number of allylic oxidation sites excluding steroid dienone is 3. The highest BCUT2D eigenvalue weighted by atomic mass is 16.6. The summed E-state index contributed by atoms with van der Waals surface area (Å²) >= 11 is 0. The second kappa shape index (κ2) is 3.76. The first-order valence-electron chi connectivity index (χ1n) is 5.99. The zero-order chi connectivity index (χ0) is 11.9. The van der Waals surface area contributed by atoms with Gasteiger partial charge in [-0.3, -0.25) is 4.79 Å². The standard InChI is InChI=1S/C14H20O2/c1-9-11-6-5-7-12(11)13(9)8-14(3,4)16-10(2)15/h5,7-9,11-12H,6H2,1-4H3/t9?,11-,12-/m1/s1. The van der Waals surface area contributed by atoms with Gasteiger partial charge in [0.25, 0.3) is 0 Å². The van der Waals surface area contributed by atoms with Gasteiger partial charge < -0.3 is 4.74 Å². The van der Waals surface area contributed by atoms with E-state index < -0.39 is 5.60 Å². The highest BCUT2D eigenvalue weighted by Gasteiger charge is 2.43. The molecule has 0 aromatic carbocycles. The molecule has 0 aliphatic heterocycles. The molecule has 1 saturated carbocycles. The fraction of sp³-hybridized carbons (Fsp3) is 0.643. The van der Waals surface area contributed by atoms with E-state index in [-0.39, 0.29) is 5.97 Å². The van der Waals surface area contributed by atoms with Crippen molar-refractivity contribution in [3.8, 4) is 0 Å². The van der Waals surface area contributed by atoms with Crippen LogP contribution in [0.15, 0.2) is 23.8 Å². The van der Waals surface area contributed by atoms with Gasteiger partial charge in [0.15, 0.2) is 0 Å². The maximum atomic E-state index is 11.0. The number of esters is 1. The Morgan fingerprint density at radius 2 is 2.25 bits per heavy atom. The Hall–Kier alpha value is -1.05. The fourth-order valence-corrected chi connectivity index (χ4v) is 3.01. The first kappa shape index (κ1) is 11.4. The number of hydrogen-bond donors (Lipinski definition) is 0. The molecule has 0 bridgehead atoms. The first-order valence-corrected chi connectivity index (χ1v) is 5.99. The normalized spacial score (nSPS) is 34.8. The molecule has 2 aliphatic carbocycles. The molecule has 2 heteroatoms. The van der Waals surface area contributed by atoms with Gasteiger partial charge in [-0.25, -0.2) is 0 Å². The molecule has 3 atom stereocenters. The first-order chi connectivity index (χ1) is 7.41. The Morgan fingerprint density at radius 3 is 2.88 bits per heavy atom. The minimum Gasteiger partial charge on any atom is -0.456 e. The highest BCUT2D eigenvalue weighted by Crippen LogP contribution is 2.52. The van der Waals surface area contributed by atoms with Crippen molar-refractivity contribution in [2.75, 3.05) is 0 Å². The predicted molar refractivity (Wildman–Crippen MR) is 63.8 cm³/mol. The van der Waals surface area contributed by atoms with E-state index in [4.69, 9.17) is 4.74 Å². The van der Waals surface area contributed by atoms with E-state index in [1.807, 2.05) is 13.8 Å². The fourth-order valence-electron chi connectivity index (χ4n) is 3.01. The maximum absolute atomic E-state index is 11.0. The third-order valence-electron chi connectivity index (χ3n) is 3.69. The van der Waals surface area contributed by atoms with Gasteiger partial charge >= 0.3 is 5.97 Å². The Labute approximate surface area is 97.4 Å². The van der Waals surface area contributed by atoms with Gasteiger partial charge in [-0.05, 0) is 38.2 Å². The lowest BCUT2D eigenvalue weighted by Crippen LogP contribution is -2.37. The van der Waals surface area contributed by atoms with E-state index in [0.717, 1.165) is 5.92 Å². The minimum atomic E-state index is -0.475. The van der Waals surface area contributed by atoms with Gasteiger partial charge in [-0.1, -0.05) is 24.6 Å². The third kappa shape index (κ3) is 1.93. The summed E-state index contributed by atoms with van der Waals surface area (Å²) in [6.07, 6.45) is 7.90. The topological polar surface area (TPSA) is 26.3 Å². The summed E-state index contributed by atoms with van der Waals surface area (Å²) in [5, 5.41) is 0. The Bertz CT molecular complexity index is 363. The molecule has 0 aromatic rings. The van der Waals surface area contributed by atoms with Gasteiger partial charge in [0.1, 0.15) is 5.60 Å². The molecule has 0 aromatic heterocycles. The van der Waals surface area contributed by atoms with Crippen LogP contribution in [-0.2, 0) is 9.53 Å². The largest absolute Gasteiger partial charge is 0.456 e. The van der Waals surface area contributed by atoms with Crippen molar-refractivity contribution in [1.29, 1.82) is 0 Å². The molecule has 0 N–H and O–H groups in total. The number of ether oxygens (including phenoxy) is 1. The molecule has 2 nitrogen and oxygen atoms in total. The van der Waals surface area contributed by atoms with Crippen LogP contribution in [-0.4, -0.2) is 11.6 Å². The molecule has 16 heavy (non-hydrogen) atoms. The van der Waals surface area contributed by atoms with Crippen molar-refractivity contribution in [3.63, 3.8) is 0 Å². The Morgan fingerprint density at radius 1 is 1.56 bits per heavy atom. The number of carbonyl (C=O) groups is 1. The Balaban J connectivity index is 2.12. The van der Waals surface area contributed by atoms with E-state index in [1.54, 1.807) is 0 Å². The van der Waals surface area contributed by atoms with Crippen LogP contribution >= 0.6 is 0 Å². The molecular formula is C14H20O2. The molecule has 0 spiro atoms. The van der Waals surface area contributed by atoms with Crippen LogP contribution in [0.3, 0.4) is 0 Å². The van der Waals surface area contributed by atoms with Gasteiger partial charge in [0.2, 0.25) is 0 Å². The number of hydrogen-bond acceptors (Lipinski definition) is 2. The Kier molecular flexibility index (Phi) is 2.69. The summed E-state index contributed by atoms with van der Waals surface area (Å²) in [7, 11) is 0. The maximum Gasteiger partial charge on any atom is 0.303 e. The monoisotopic (exact) mass is 220 g/mol. The van der Waals surface area contributed by atoms with Crippen molar-refractivity contribution < 1.29 is 9.53 Å². The molecular weight excluding hydrogens is 200 g/mol. The van der Waals surface area contributed by atoms with Crippen LogP contribution in [0.5, 0.6) is 0 Å². The number of carbonyl (C=O) groups excluding carboxylic acids is 1. The molecule has 88 valence electrons. The number of rotatable bonds is 2. The molecule has 0 heterocycles.